The molecule has 0 aromatic heterocycles. The van der Waals surface area contributed by atoms with Gasteiger partial charge in [-0.05, 0) is 56.9 Å². The Morgan fingerprint density at radius 3 is 2.40 bits per heavy atom. The molecule has 2 nitrogen and oxygen atoms in total. The lowest BCUT2D eigenvalue weighted by molar-refractivity contribution is 0.205. The fraction of sp³-hybridized carbons (Fsp3) is 0.647. The van der Waals surface area contributed by atoms with E-state index < -0.39 is 0 Å². The van der Waals surface area contributed by atoms with Gasteiger partial charge >= 0.3 is 0 Å². The summed E-state index contributed by atoms with van der Waals surface area (Å²) >= 11 is 3.59. The van der Waals surface area contributed by atoms with Gasteiger partial charge in [-0.3, -0.25) is 0 Å². The van der Waals surface area contributed by atoms with E-state index in [0.717, 1.165) is 12.3 Å². The first-order chi connectivity index (χ1) is 9.56. The molecule has 0 saturated heterocycles. The van der Waals surface area contributed by atoms with E-state index in [1.807, 2.05) is 0 Å². The monoisotopic (exact) mass is 339 g/mol. The zero-order chi connectivity index (χ0) is 14.5. The molecule has 1 N–H and O–H groups in total. The molecule has 3 heteroatoms. The van der Waals surface area contributed by atoms with E-state index in [1.165, 1.54) is 47.7 Å². The van der Waals surface area contributed by atoms with E-state index in [0.29, 0.717) is 6.04 Å². The molecule has 1 unspecified atom stereocenters. The van der Waals surface area contributed by atoms with Crippen LogP contribution in [0.15, 0.2) is 16.6 Å². The minimum atomic E-state index is 0.205. The maximum absolute atomic E-state index is 6.04. The number of halogens is 1. The molecule has 0 heterocycles. The van der Waals surface area contributed by atoms with Gasteiger partial charge in [0.15, 0.2) is 0 Å². The van der Waals surface area contributed by atoms with Crippen molar-refractivity contribution < 1.29 is 4.74 Å². The van der Waals surface area contributed by atoms with Crippen molar-refractivity contribution in [1.82, 2.24) is 5.32 Å². The van der Waals surface area contributed by atoms with Crippen molar-refractivity contribution in [3.63, 3.8) is 0 Å². The summed E-state index contributed by atoms with van der Waals surface area (Å²) in [6, 6.07) is 4.91. The third-order valence-corrected chi connectivity index (χ3v) is 5.30. The quantitative estimate of drug-likeness (QED) is 0.835. The molecule has 1 atom stereocenters. The van der Waals surface area contributed by atoms with Gasteiger partial charge in [-0.25, -0.2) is 0 Å². The van der Waals surface area contributed by atoms with Crippen LogP contribution in [0, 0.1) is 13.8 Å². The Balaban J connectivity index is 1.83. The normalized spacial score (nSPS) is 18.0. The van der Waals surface area contributed by atoms with E-state index in [4.69, 9.17) is 4.74 Å². The first-order valence-electron chi connectivity index (χ1n) is 7.73. The van der Waals surface area contributed by atoms with Crippen molar-refractivity contribution in [3.8, 4) is 5.75 Å². The second-order valence-corrected chi connectivity index (χ2v) is 6.84. The summed E-state index contributed by atoms with van der Waals surface area (Å²) in [6.07, 6.45) is 7.00. The van der Waals surface area contributed by atoms with Crippen molar-refractivity contribution in [2.45, 2.75) is 65.0 Å². The number of benzene rings is 1. The van der Waals surface area contributed by atoms with Gasteiger partial charge in [0.25, 0.3) is 0 Å². The highest BCUT2D eigenvalue weighted by Gasteiger charge is 2.14. The first kappa shape index (κ1) is 15.8. The van der Waals surface area contributed by atoms with Gasteiger partial charge in [0.2, 0.25) is 0 Å². The molecule has 0 spiro atoms. The molecule has 0 aliphatic heterocycles. The zero-order valence-electron chi connectivity index (χ0n) is 12.8. The highest BCUT2D eigenvalue weighted by atomic mass is 79.9. The minimum Gasteiger partial charge on any atom is -0.489 e. The van der Waals surface area contributed by atoms with E-state index in [1.54, 1.807) is 0 Å². The lowest BCUT2D eigenvalue weighted by Crippen LogP contribution is -2.37. The molecule has 1 aromatic rings. The summed E-state index contributed by atoms with van der Waals surface area (Å²) in [7, 11) is 0. The van der Waals surface area contributed by atoms with Gasteiger partial charge in [0.05, 0.1) is 0 Å². The van der Waals surface area contributed by atoms with Crippen molar-refractivity contribution in [2.24, 2.45) is 0 Å². The summed E-state index contributed by atoms with van der Waals surface area (Å²) in [4.78, 5) is 0. The van der Waals surface area contributed by atoms with Gasteiger partial charge in [-0.15, -0.1) is 0 Å². The van der Waals surface area contributed by atoms with Crippen LogP contribution in [0.5, 0.6) is 5.75 Å². The van der Waals surface area contributed by atoms with Crippen molar-refractivity contribution >= 4 is 15.9 Å². The average Bonchev–Trinajstić information content (AvgIpc) is 2.43. The standard InChI is InChI=1S/C17H26BrNO/c1-12-9-16(10-13(2)17(12)18)20-14(3)11-19-15-7-5-4-6-8-15/h9-10,14-15,19H,4-8,11H2,1-3H3. The maximum atomic E-state index is 6.04. The summed E-state index contributed by atoms with van der Waals surface area (Å²) in [5, 5.41) is 3.65. The second kappa shape index (κ2) is 7.46. The van der Waals surface area contributed by atoms with Crippen molar-refractivity contribution in [3.05, 3.63) is 27.7 Å². The van der Waals surface area contributed by atoms with Gasteiger partial charge in [-0.1, -0.05) is 35.2 Å². The Kier molecular flexibility index (Phi) is 5.91. The Bertz CT molecular complexity index is 418. The predicted molar refractivity (Wildman–Crippen MR) is 88.6 cm³/mol. The Morgan fingerprint density at radius 1 is 1.20 bits per heavy atom. The SMILES string of the molecule is Cc1cc(OC(C)CNC2CCCCC2)cc(C)c1Br. The minimum absolute atomic E-state index is 0.205. The highest BCUT2D eigenvalue weighted by molar-refractivity contribution is 9.10. The van der Waals surface area contributed by atoms with Gasteiger partial charge in [0.1, 0.15) is 11.9 Å². The lowest BCUT2D eigenvalue weighted by Gasteiger charge is -2.25. The molecule has 2 rings (SSSR count). The molecular weight excluding hydrogens is 314 g/mol. The smallest absolute Gasteiger partial charge is 0.120 e. The summed E-state index contributed by atoms with van der Waals surface area (Å²) in [5.74, 6) is 0.973. The zero-order valence-corrected chi connectivity index (χ0v) is 14.4. The summed E-state index contributed by atoms with van der Waals surface area (Å²) in [5.41, 5.74) is 2.46. The maximum Gasteiger partial charge on any atom is 0.120 e. The number of ether oxygens (including phenoxy) is 1. The van der Waals surface area contributed by atoms with Crippen LogP contribution in [-0.4, -0.2) is 18.7 Å². The van der Waals surface area contributed by atoms with Crippen LogP contribution < -0.4 is 10.1 Å². The van der Waals surface area contributed by atoms with E-state index >= 15 is 0 Å². The molecule has 1 aliphatic rings. The molecule has 1 fully saturated rings. The predicted octanol–water partition coefficient (Wildman–Crippen LogP) is 4.76. The molecule has 112 valence electrons. The van der Waals surface area contributed by atoms with Crippen LogP contribution in [-0.2, 0) is 0 Å². The molecule has 1 aromatic carbocycles. The third kappa shape index (κ3) is 4.49. The fourth-order valence-electron chi connectivity index (χ4n) is 2.89. The molecule has 0 radical (unpaired) electrons. The summed E-state index contributed by atoms with van der Waals surface area (Å²) in [6.45, 7) is 7.28. The second-order valence-electron chi connectivity index (χ2n) is 6.04. The van der Waals surface area contributed by atoms with Crippen LogP contribution in [0.25, 0.3) is 0 Å². The number of nitrogens with one attached hydrogen (secondary N) is 1. The molecular formula is C17H26BrNO. The lowest BCUT2D eigenvalue weighted by atomic mass is 9.95. The Labute approximate surface area is 131 Å². The van der Waals surface area contributed by atoms with Gasteiger partial charge in [0, 0.05) is 17.1 Å². The average molecular weight is 340 g/mol. The van der Waals surface area contributed by atoms with E-state index in [2.05, 4.69) is 54.2 Å². The van der Waals surface area contributed by atoms with Crippen molar-refractivity contribution in [1.29, 1.82) is 0 Å². The third-order valence-electron chi connectivity index (χ3n) is 4.05. The summed E-state index contributed by atoms with van der Waals surface area (Å²) < 4.78 is 7.22. The van der Waals surface area contributed by atoms with Crippen molar-refractivity contribution in [2.75, 3.05) is 6.54 Å². The number of rotatable bonds is 5. The number of hydrogen-bond acceptors (Lipinski definition) is 2. The molecule has 1 aliphatic carbocycles. The van der Waals surface area contributed by atoms with E-state index in [-0.39, 0.29) is 6.10 Å². The Hall–Kier alpha value is -0.540. The molecule has 20 heavy (non-hydrogen) atoms. The molecule has 0 bridgehead atoms. The van der Waals surface area contributed by atoms with Crippen LogP contribution >= 0.6 is 15.9 Å². The fourth-order valence-corrected chi connectivity index (χ4v) is 3.12. The largest absolute Gasteiger partial charge is 0.489 e. The number of aryl methyl sites for hydroxylation is 2. The topological polar surface area (TPSA) is 21.3 Å². The van der Waals surface area contributed by atoms with Gasteiger partial charge in [-0.2, -0.15) is 0 Å². The van der Waals surface area contributed by atoms with Crippen LogP contribution in [0.1, 0.15) is 50.2 Å². The molecule has 0 amide bonds. The number of hydrogen-bond donors (Lipinski definition) is 1. The van der Waals surface area contributed by atoms with Crippen LogP contribution in [0.2, 0.25) is 0 Å². The van der Waals surface area contributed by atoms with Gasteiger partial charge < -0.3 is 10.1 Å². The van der Waals surface area contributed by atoms with Crippen LogP contribution in [0.4, 0.5) is 0 Å². The Morgan fingerprint density at radius 2 is 1.80 bits per heavy atom. The molecule has 1 saturated carbocycles. The van der Waals surface area contributed by atoms with E-state index in [9.17, 15) is 0 Å². The highest BCUT2D eigenvalue weighted by Crippen LogP contribution is 2.27. The first-order valence-corrected chi connectivity index (χ1v) is 8.52. The van der Waals surface area contributed by atoms with Crippen LogP contribution in [0.3, 0.4) is 0 Å².